The van der Waals surface area contributed by atoms with Gasteiger partial charge >= 0.3 is 0 Å². The molecule has 1 aromatic heterocycles. The molecule has 21 heavy (non-hydrogen) atoms. The van der Waals surface area contributed by atoms with E-state index in [0.29, 0.717) is 10.6 Å². The van der Waals surface area contributed by atoms with E-state index in [1.165, 1.54) is 12.1 Å². The second kappa shape index (κ2) is 6.15. The third-order valence-electron chi connectivity index (χ3n) is 2.42. The average Bonchev–Trinajstić information content (AvgIpc) is 2.37. The Balaban J connectivity index is 2.66. The Kier molecular flexibility index (Phi) is 4.67. The zero-order valence-corrected chi connectivity index (χ0v) is 13.4. The van der Waals surface area contributed by atoms with Gasteiger partial charge in [-0.15, -0.1) is 0 Å². The monoisotopic (exact) mass is 363 g/mol. The molecular formula is C11H8Cl3N5OS. The van der Waals surface area contributed by atoms with Gasteiger partial charge in [-0.05, 0) is 12.1 Å². The van der Waals surface area contributed by atoms with E-state index in [-0.39, 0.29) is 33.2 Å². The van der Waals surface area contributed by atoms with Crippen LogP contribution in [-0.4, -0.2) is 15.2 Å². The first-order valence-electron chi connectivity index (χ1n) is 5.37. The van der Waals surface area contributed by atoms with Crippen LogP contribution in [-0.2, 0) is 0 Å². The molecule has 2 rings (SSSR count). The van der Waals surface area contributed by atoms with Crippen LogP contribution in [0.15, 0.2) is 12.1 Å². The molecule has 0 aliphatic carbocycles. The summed E-state index contributed by atoms with van der Waals surface area (Å²) in [6, 6.07) is 3.00. The maximum Gasteiger partial charge on any atom is 0.281 e. The van der Waals surface area contributed by atoms with Crippen LogP contribution in [0.1, 0.15) is 0 Å². The number of halogens is 3. The van der Waals surface area contributed by atoms with Gasteiger partial charge < -0.3 is 11.5 Å². The minimum absolute atomic E-state index is 0.00589. The summed E-state index contributed by atoms with van der Waals surface area (Å²) in [4.78, 5) is 19.0. The van der Waals surface area contributed by atoms with Gasteiger partial charge in [0.15, 0.2) is 17.5 Å². The summed E-state index contributed by atoms with van der Waals surface area (Å²) in [5.74, 6) is -0.0286. The van der Waals surface area contributed by atoms with Crippen LogP contribution in [0.2, 0.25) is 15.1 Å². The van der Waals surface area contributed by atoms with Gasteiger partial charge in [0, 0.05) is 10.6 Å². The van der Waals surface area contributed by atoms with Gasteiger partial charge in [-0.2, -0.15) is 0 Å². The number of nitrogens with two attached hydrogens (primary N) is 2. The van der Waals surface area contributed by atoms with Crippen molar-refractivity contribution in [2.45, 2.75) is 0 Å². The molecule has 1 amide bonds. The Morgan fingerprint density at radius 2 is 1.81 bits per heavy atom. The molecule has 0 unspecified atom stereocenters. The fourth-order valence-electron chi connectivity index (χ4n) is 1.58. The minimum Gasteiger partial charge on any atom is -0.382 e. The summed E-state index contributed by atoms with van der Waals surface area (Å²) in [5, 5.41) is 2.45. The molecule has 6 nitrogen and oxygen atoms in total. The Hall–Kier alpha value is -1.41. The lowest BCUT2D eigenvalue weighted by molar-refractivity contribution is 0.270. The number of thiol groups is 1. The second-order valence-corrected chi connectivity index (χ2v) is 5.50. The van der Waals surface area contributed by atoms with Crippen LogP contribution in [0.25, 0.3) is 11.3 Å². The third-order valence-corrected chi connectivity index (χ3v) is 3.56. The number of benzene rings is 1. The SMILES string of the molecule is Nc1nc(N)c(-c2cc(Cl)cc(Cl)c2Cl)nc1NC(=O)S. The standard InChI is InChI=1S/C11H8Cl3N5OS/c12-3-1-4(6(14)5(13)2-3)7-8(15)18-9(16)10(17-7)19-11(20)21/h1-2H,(H4,15,16,18)(H2,17,19,20,21). The van der Waals surface area contributed by atoms with E-state index in [4.69, 9.17) is 46.3 Å². The van der Waals surface area contributed by atoms with E-state index in [9.17, 15) is 4.79 Å². The normalized spacial score (nSPS) is 10.5. The molecule has 0 spiro atoms. The van der Waals surface area contributed by atoms with Gasteiger partial charge in [0.2, 0.25) is 0 Å². The molecule has 10 heteroatoms. The number of anilines is 3. The first-order valence-corrected chi connectivity index (χ1v) is 6.95. The van der Waals surface area contributed by atoms with Gasteiger partial charge in [0.05, 0.1) is 10.0 Å². The van der Waals surface area contributed by atoms with Gasteiger partial charge in [-0.1, -0.05) is 47.4 Å². The van der Waals surface area contributed by atoms with E-state index >= 15 is 0 Å². The van der Waals surface area contributed by atoms with E-state index in [1.807, 2.05) is 0 Å². The molecule has 0 saturated heterocycles. The van der Waals surface area contributed by atoms with Gasteiger partial charge in [-0.25, -0.2) is 9.97 Å². The smallest absolute Gasteiger partial charge is 0.281 e. The highest BCUT2D eigenvalue weighted by Gasteiger charge is 2.17. The van der Waals surface area contributed by atoms with Crippen molar-refractivity contribution in [2.24, 2.45) is 0 Å². The Morgan fingerprint density at radius 3 is 2.43 bits per heavy atom. The Morgan fingerprint density at radius 1 is 1.14 bits per heavy atom. The van der Waals surface area contributed by atoms with Crippen LogP contribution >= 0.6 is 47.4 Å². The number of aromatic nitrogens is 2. The summed E-state index contributed by atoms with van der Waals surface area (Å²) in [6.07, 6.45) is 0. The molecule has 0 aliphatic heterocycles. The first kappa shape index (κ1) is 16.0. The van der Waals surface area contributed by atoms with Gasteiger partial charge in [-0.3, -0.25) is 10.1 Å². The van der Waals surface area contributed by atoms with Crippen LogP contribution in [0.3, 0.4) is 0 Å². The first-order chi connectivity index (χ1) is 9.79. The number of hydrogen-bond donors (Lipinski definition) is 4. The number of nitrogens with zero attached hydrogens (tertiary/aromatic N) is 2. The molecule has 5 N–H and O–H groups in total. The van der Waals surface area contributed by atoms with Crippen molar-refractivity contribution in [1.82, 2.24) is 9.97 Å². The summed E-state index contributed by atoms with van der Waals surface area (Å²) in [6.45, 7) is 0. The molecule has 1 heterocycles. The Bertz CT molecular complexity index is 740. The van der Waals surface area contributed by atoms with Crippen molar-refractivity contribution in [3.63, 3.8) is 0 Å². The number of rotatable bonds is 2. The van der Waals surface area contributed by atoms with Crippen molar-refractivity contribution in [3.8, 4) is 11.3 Å². The molecule has 2 aromatic rings. The molecule has 0 fully saturated rings. The van der Waals surface area contributed by atoms with Crippen molar-refractivity contribution < 1.29 is 4.79 Å². The number of nitrogens with one attached hydrogen (secondary N) is 1. The highest BCUT2D eigenvalue weighted by Crippen LogP contribution is 2.38. The molecule has 0 radical (unpaired) electrons. The van der Waals surface area contributed by atoms with Crippen molar-refractivity contribution in [3.05, 3.63) is 27.2 Å². The predicted octanol–water partition coefficient (Wildman–Crippen LogP) is 3.73. The topological polar surface area (TPSA) is 107 Å². The molecule has 0 saturated carbocycles. The zero-order chi connectivity index (χ0) is 15.7. The lowest BCUT2D eigenvalue weighted by Gasteiger charge is -2.12. The van der Waals surface area contributed by atoms with Crippen LogP contribution in [0.4, 0.5) is 22.2 Å². The average molecular weight is 365 g/mol. The summed E-state index contributed by atoms with van der Waals surface area (Å²) >= 11 is 21.6. The lowest BCUT2D eigenvalue weighted by Crippen LogP contribution is -2.11. The largest absolute Gasteiger partial charge is 0.382 e. The second-order valence-electron chi connectivity index (χ2n) is 3.87. The maximum absolute atomic E-state index is 11.0. The number of nitrogen functional groups attached to an aromatic ring is 2. The van der Waals surface area contributed by atoms with E-state index in [2.05, 4.69) is 27.9 Å². The van der Waals surface area contributed by atoms with Crippen LogP contribution in [0, 0.1) is 0 Å². The molecule has 0 aliphatic rings. The van der Waals surface area contributed by atoms with Gasteiger partial charge in [0.1, 0.15) is 5.69 Å². The molecular weight excluding hydrogens is 357 g/mol. The lowest BCUT2D eigenvalue weighted by atomic mass is 10.1. The van der Waals surface area contributed by atoms with Gasteiger partial charge in [0.25, 0.3) is 5.24 Å². The number of carbonyl (C=O) groups is 1. The minimum atomic E-state index is -0.651. The molecule has 1 aromatic carbocycles. The molecule has 0 bridgehead atoms. The summed E-state index contributed by atoms with van der Waals surface area (Å²) in [5.41, 5.74) is 12.0. The van der Waals surface area contributed by atoms with E-state index < -0.39 is 5.24 Å². The Labute approximate surface area is 140 Å². The maximum atomic E-state index is 11.0. The summed E-state index contributed by atoms with van der Waals surface area (Å²) in [7, 11) is 0. The molecule has 110 valence electrons. The van der Waals surface area contributed by atoms with Crippen LogP contribution < -0.4 is 16.8 Å². The quantitative estimate of drug-likeness (QED) is 0.480. The number of amides is 1. The third kappa shape index (κ3) is 3.44. The highest BCUT2D eigenvalue weighted by atomic mass is 35.5. The predicted molar refractivity (Wildman–Crippen MR) is 89.3 cm³/mol. The number of hydrogen-bond acceptors (Lipinski definition) is 5. The molecule has 0 atom stereocenters. The highest BCUT2D eigenvalue weighted by molar-refractivity contribution is 7.96. The number of carbonyl (C=O) groups excluding carboxylic acids is 1. The zero-order valence-electron chi connectivity index (χ0n) is 10.2. The van der Waals surface area contributed by atoms with Crippen molar-refractivity contribution in [1.29, 1.82) is 0 Å². The van der Waals surface area contributed by atoms with E-state index in [0.717, 1.165) is 0 Å². The summed E-state index contributed by atoms with van der Waals surface area (Å²) < 4.78 is 0. The van der Waals surface area contributed by atoms with E-state index in [1.54, 1.807) is 0 Å². The van der Waals surface area contributed by atoms with Crippen molar-refractivity contribution in [2.75, 3.05) is 16.8 Å². The van der Waals surface area contributed by atoms with Crippen LogP contribution in [0.5, 0.6) is 0 Å². The fourth-order valence-corrected chi connectivity index (χ4v) is 2.38. The fraction of sp³-hybridized carbons (Fsp3) is 0. The van der Waals surface area contributed by atoms with Crippen molar-refractivity contribution >= 4 is 70.1 Å².